The molecule has 0 fully saturated rings. The molecular weight excluding hydrogens is 670 g/mol. The van der Waals surface area contributed by atoms with Crippen LogP contribution in [0, 0.1) is 0 Å². The predicted molar refractivity (Wildman–Crippen MR) is 177 cm³/mol. The molecule has 0 saturated carbocycles. The minimum absolute atomic E-state index is 0.0775. The summed E-state index contributed by atoms with van der Waals surface area (Å²) in [5.74, 6) is 1.40. The Morgan fingerprint density at radius 3 is 1.43 bits per heavy atom. The van der Waals surface area contributed by atoms with Gasteiger partial charge in [-0.25, -0.2) is 19.9 Å². The Morgan fingerprint density at radius 1 is 0.522 bits per heavy atom. The molecule has 46 heavy (non-hydrogen) atoms. The third-order valence-corrected chi connectivity index (χ3v) is 7.96. The lowest BCUT2D eigenvalue weighted by molar-refractivity contribution is 0.290. The van der Waals surface area contributed by atoms with Crippen molar-refractivity contribution in [3.05, 3.63) is 129 Å². The van der Waals surface area contributed by atoms with E-state index in [9.17, 15) is 0 Å². The Kier molecular flexibility index (Phi) is 8.59. The average molecular weight is 692 g/mol. The molecule has 0 atom stereocenters. The van der Waals surface area contributed by atoms with E-state index in [1.165, 1.54) is 0 Å². The third-order valence-electron chi connectivity index (χ3n) is 7.09. The van der Waals surface area contributed by atoms with E-state index in [1.807, 2.05) is 69.8 Å². The summed E-state index contributed by atoms with van der Waals surface area (Å²) < 4.78 is 16.0. The quantitative estimate of drug-likeness (QED) is 0.106. The Bertz CT molecular complexity index is 2050. The molecule has 0 aliphatic heterocycles. The Labute approximate surface area is 282 Å². The van der Waals surface area contributed by atoms with Crippen LogP contribution in [0.15, 0.2) is 85.5 Å². The highest BCUT2D eigenvalue weighted by molar-refractivity contribution is 6.35. The van der Waals surface area contributed by atoms with Crippen LogP contribution < -0.4 is 9.47 Å². The van der Waals surface area contributed by atoms with Gasteiger partial charge in [-0.05, 0) is 57.6 Å². The van der Waals surface area contributed by atoms with Crippen LogP contribution in [0.3, 0.4) is 0 Å². The third kappa shape index (κ3) is 6.70. The second-order valence-electron chi connectivity index (χ2n) is 10.3. The first-order valence-electron chi connectivity index (χ1n) is 14.0. The lowest BCUT2D eigenvalue weighted by Crippen LogP contribution is -2.02. The van der Waals surface area contributed by atoms with Gasteiger partial charge in [-0.2, -0.15) is 9.97 Å². The molecule has 7 rings (SSSR count). The van der Waals surface area contributed by atoms with Gasteiger partial charge in [-0.15, -0.1) is 0 Å². The molecule has 0 N–H and O–H groups in total. The topological polar surface area (TPSA) is 106 Å². The van der Waals surface area contributed by atoms with Crippen LogP contribution in [0.25, 0.3) is 22.3 Å². The normalized spacial score (nSPS) is 11.4. The number of aromatic nitrogens is 8. The fourth-order valence-corrected chi connectivity index (χ4v) is 5.86. The standard InChI is InChI=1S/C32H22Cl4N8O2/c33-27-25-29(41-31(35)39-27)43(17-37-25)13-19-4-1-6-21(10-19)15-45-23-8-3-9-24(12-23)46-16-22-7-2-5-20(11-22)14-44-18-38-26-28(34)40-32(36)42-30(26)44/h1-12,17-18H,13-16H2. The van der Waals surface area contributed by atoms with Crippen molar-refractivity contribution in [1.29, 1.82) is 0 Å². The van der Waals surface area contributed by atoms with Crippen LogP contribution in [0.2, 0.25) is 20.9 Å². The molecule has 0 radical (unpaired) electrons. The van der Waals surface area contributed by atoms with Crippen LogP contribution in [-0.2, 0) is 26.3 Å². The molecule has 4 aromatic heterocycles. The summed E-state index contributed by atoms with van der Waals surface area (Å²) >= 11 is 24.4. The summed E-state index contributed by atoms with van der Waals surface area (Å²) in [5.41, 5.74) is 6.29. The minimum Gasteiger partial charge on any atom is -0.489 e. The van der Waals surface area contributed by atoms with Crippen LogP contribution >= 0.6 is 46.4 Å². The zero-order valence-corrected chi connectivity index (χ0v) is 26.8. The number of nitrogens with zero attached hydrogens (tertiary/aromatic N) is 8. The van der Waals surface area contributed by atoms with Gasteiger partial charge in [-0.3, -0.25) is 0 Å². The van der Waals surface area contributed by atoms with Gasteiger partial charge in [0, 0.05) is 6.07 Å². The lowest BCUT2D eigenvalue weighted by atomic mass is 10.1. The van der Waals surface area contributed by atoms with Gasteiger partial charge in [0.25, 0.3) is 0 Å². The molecule has 10 nitrogen and oxygen atoms in total. The van der Waals surface area contributed by atoms with Gasteiger partial charge >= 0.3 is 0 Å². The van der Waals surface area contributed by atoms with E-state index in [-0.39, 0.29) is 20.9 Å². The summed E-state index contributed by atoms with van der Waals surface area (Å²) in [4.78, 5) is 25.1. The molecule has 0 aliphatic rings. The molecule has 7 aromatic rings. The van der Waals surface area contributed by atoms with Crippen molar-refractivity contribution in [2.45, 2.75) is 26.3 Å². The van der Waals surface area contributed by atoms with Crippen molar-refractivity contribution in [2.24, 2.45) is 0 Å². The smallest absolute Gasteiger partial charge is 0.225 e. The van der Waals surface area contributed by atoms with Crippen molar-refractivity contribution < 1.29 is 9.47 Å². The Morgan fingerprint density at radius 2 is 0.957 bits per heavy atom. The highest BCUT2D eigenvalue weighted by Crippen LogP contribution is 2.25. The number of hydrogen-bond acceptors (Lipinski definition) is 8. The number of fused-ring (bicyclic) bond motifs is 2. The maximum atomic E-state index is 6.17. The molecule has 0 unspecified atom stereocenters. The molecule has 0 amide bonds. The van der Waals surface area contributed by atoms with Gasteiger partial charge in [0.2, 0.25) is 10.6 Å². The molecule has 0 spiro atoms. The molecule has 4 heterocycles. The van der Waals surface area contributed by atoms with Crippen LogP contribution in [0.1, 0.15) is 22.3 Å². The van der Waals surface area contributed by atoms with Gasteiger partial charge < -0.3 is 18.6 Å². The molecular formula is C32H22Cl4N8O2. The molecule has 0 aliphatic carbocycles. The van der Waals surface area contributed by atoms with Crippen molar-refractivity contribution in [3.8, 4) is 11.5 Å². The largest absolute Gasteiger partial charge is 0.489 e. The van der Waals surface area contributed by atoms with Gasteiger partial charge in [0.15, 0.2) is 21.6 Å². The Hall–Kier alpha value is -4.48. The Balaban J connectivity index is 0.972. The second kappa shape index (κ2) is 13.1. The van der Waals surface area contributed by atoms with E-state index in [2.05, 4.69) is 42.0 Å². The summed E-state index contributed by atoms with van der Waals surface area (Å²) in [6, 6.07) is 23.8. The zero-order chi connectivity index (χ0) is 31.6. The van der Waals surface area contributed by atoms with E-state index >= 15 is 0 Å². The second-order valence-corrected chi connectivity index (χ2v) is 11.7. The summed E-state index contributed by atoms with van der Waals surface area (Å²) in [6.07, 6.45) is 3.35. The number of halogens is 4. The van der Waals surface area contributed by atoms with E-state index in [0.29, 0.717) is 60.1 Å². The fourth-order valence-electron chi connectivity index (χ4n) is 5.02. The molecule has 0 saturated heterocycles. The van der Waals surface area contributed by atoms with E-state index < -0.39 is 0 Å². The van der Waals surface area contributed by atoms with Crippen molar-refractivity contribution in [1.82, 2.24) is 39.0 Å². The molecule has 14 heteroatoms. The number of benzene rings is 3. The fraction of sp³-hybridized carbons (Fsp3) is 0.125. The molecule has 230 valence electrons. The number of hydrogen-bond donors (Lipinski definition) is 0. The zero-order valence-electron chi connectivity index (χ0n) is 23.8. The lowest BCUT2D eigenvalue weighted by Gasteiger charge is -2.12. The van der Waals surface area contributed by atoms with Crippen molar-refractivity contribution in [3.63, 3.8) is 0 Å². The highest BCUT2D eigenvalue weighted by Gasteiger charge is 2.13. The van der Waals surface area contributed by atoms with Gasteiger partial charge in [0.1, 0.15) is 35.7 Å². The molecule has 3 aromatic carbocycles. The summed E-state index contributed by atoms with van der Waals surface area (Å²) in [7, 11) is 0. The van der Waals surface area contributed by atoms with E-state index in [4.69, 9.17) is 55.9 Å². The first kappa shape index (κ1) is 30.2. The van der Waals surface area contributed by atoms with Crippen LogP contribution in [-0.4, -0.2) is 39.0 Å². The number of rotatable bonds is 10. The summed E-state index contributed by atoms with van der Waals surface area (Å²) in [6.45, 7) is 1.84. The number of ether oxygens (including phenoxy) is 2. The minimum atomic E-state index is 0.0775. The number of imidazole rings is 2. The van der Waals surface area contributed by atoms with Crippen molar-refractivity contribution >= 4 is 68.7 Å². The first-order chi connectivity index (χ1) is 22.4. The predicted octanol–water partition coefficient (Wildman–Crippen LogP) is 7.83. The van der Waals surface area contributed by atoms with Gasteiger partial charge in [0.05, 0.1) is 25.7 Å². The maximum absolute atomic E-state index is 6.17. The maximum Gasteiger partial charge on any atom is 0.225 e. The monoisotopic (exact) mass is 690 g/mol. The first-order valence-corrected chi connectivity index (χ1v) is 15.5. The van der Waals surface area contributed by atoms with Crippen LogP contribution in [0.5, 0.6) is 11.5 Å². The SMILES string of the molecule is Clc1nc(Cl)c2ncn(Cc3cccc(COc4cccc(OCc5cccc(Cn6cnc7c(Cl)nc(Cl)nc76)c5)c4)c3)c2n1. The van der Waals surface area contributed by atoms with E-state index in [0.717, 1.165) is 22.3 Å². The van der Waals surface area contributed by atoms with Gasteiger partial charge in [-0.1, -0.05) is 77.8 Å². The highest BCUT2D eigenvalue weighted by atomic mass is 35.5. The van der Waals surface area contributed by atoms with E-state index in [1.54, 1.807) is 12.7 Å². The molecule has 0 bridgehead atoms. The van der Waals surface area contributed by atoms with Crippen molar-refractivity contribution in [2.75, 3.05) is 0 Å². The van der Waals surface area contributed by atoms with Crippen LogP contribution in [0.4, 0.5) is 0 Å². The average Bonchev–Trinajstić information content (AvgIpc) is 3.64. The summed E-state index contributed by atoms with van der Waals surface area (Å²) in [5, 5.41) is 0.605.